The maximum atomic E-state index is 12.1. The Hall–Kier alpha value is -0.690. The summed E-state index contributed by atoms with van der Waals surface area (Å²) in [6.45, 7) is 8.25. The van der Waals surface area contributed by atoms with Crippen molar-refractivity contribution in [3.8, 4) is 0 Å². The highest BCUT2D eigenvalue weighted by molar-refractivity contribution is 8.06. The Balaban J connectivity index is 2.18. The molecule has 1 saturated heterocycles. The summed E-state index contributed by atoms with van der Waals surface area (Å²) in [5, 5.41) is 4.79. The summed E-state index contributed by atoms with van der Waals surface area (Å²) in [6.07, 6.45) is 0. The van der Waals surface area contributed by atoms with E-state index in [1.165, 1.54) is 0 Å². The third-order valence-electron chi connectivity index (χ3n) is 3.37. The molecule has 0 N–H and O–H groups in total. The summed E-state index contributed by atoms with van der Waals surface area (Å²) in [4.78, 5) is 16.6. The van der Waals surface area contributed by atoms with Crippen molar-refractivity contribution in [1.82, 2.24) is 10.1 Å². The Labute approximate surface area is 134 Å². The number of thioether (sulfide) groups is 2. The van der Waals surface area contributed by atoms with E-state index in [4.69, 9.17) is 9.26 Å². The number of carbonyl (C=O) groups is 1. The summed E-state index contributed by atoms with van der Waals surface area (Å²) in [5.41, 5.74) is 0. The van der Waals surface area contributed by atoms with E-state index in [1.54, 1.807) is 6.92 Å². The standard InChI is InChI=1S/C14H22N2O3S2/c1-5-18-14(17)10(8(2)3)13-15-12(16-19-13)11-9(4)20-6-7-21-11/h8-11H,5-7H2,1-4H3. The smallest absolute Gasteiger partial charge is 0.318 e. The van der Waals surface area contributed by atoms with Crippen LogP contribution < -0.4 is 0 Å². The van der Waals surface area contributed by atoms with Crippen molar-refractivity contribution in [1.29, 1.82) is 0 Å². The summed E-state index contributed by atoms with van der Waals surface area (Å²) in [7, 11) is 0. The van der Waals surface area contributed by atoms with Gasteiger partial charge in [-0.05, 0) is 12.8 Å². The number of hydrogen-bond donors (Lipinski definition) is 0. The Morgan fingerprint density at radius 2 is 2.14 bits per heavy atom. The SMILES string of the molecule is CCOC(=O)C(c1nc(C2SCCSC2C)no1)C(C)C. The normalized spacial score (nSPS) is 24.0. The molecule has 1 aliphatic heterocycles. The number of carbonyl (C=O) groups excluding carboxylic acids is 1. The average molecular weight is 330 g/mol. The molecule has 1 aromatic rings. The van der Waals surface area contributed by atoms with Crippen LogP contribution in [0.15, 0.2) is 4.52 Å². The molecule has 0 saturated carbocycles. The van der Waals surface area contributed by atoms with Crippen LogP contribution in [0.1, 0.15) is 50.6 Å². The van der Waals surface area contributed by atoms with Crippen LogP contribution in [0.4, 0.5) is 0 Å². The average Bonchev–Trinajstić information content (AvgIpc) is 2.88. The lowest BCUT2D eigenvalue weighted by Crippen LogP contribution is -2.21. The van der Waals surface area contributed by atoms with Crippen molar-refractivity contribution in [3.63, 3.8) is 0 Å². The molecular weight excluding hydrogens is 308 g/mol. The zero-order valence-corrected chi connectivity index (χ0v) is 14.5. The number of ether oxygens (including phenoxy) is 1. The van der Waals surface area contributed by atoms with Gasteiger partial charge in [0.05, 0.1) is 11.9 Å². The molecule has 118 valence electrons. The molecule has 1 fully saturated rings. The first-order valence-electron chi connectivity index (χ1n) is 7.28. The Bertz CT molecular complexity index is 479. The van der Waals surface area contributed by atoms with Crippen LogP contribution in [-0.4, -0.2) is 39.5 Å². The molecule has 21 heavy (non-hydrogen) atoms. The Morgan fingerprint density at radius 1 is 1.43 bits per heavy atom. The fraction of sp³-hybridized carbons (Fsp3) is 0.786. The van der Waals surface area contributed by atoms with Crippen LogP contribution in [0.25, 0.3) is 0 Å². The van der Waals surface area contributed by atoms with Crippen molar-refractivity contribution < 1.29 is 14.1 Å². The van der Waals surface area contributed by atoms with Crippen molar-refractivity contribution >= 4 is 29.5 Å². The van der Waals surface area contributed by atoms with Gasteiger partial charge >= 0.3 is 5.97 Å². The number of rotatable bonds is 5. The minimum atomic E-state index is -0.484. The van der Waals surface area contributed by atoms with Gasteiger partial charge in [-0.3, -0.25) is 4.79 Å². The molecule has 2 heterocycles. The van der Waals surface area contributed by atoms with E-state index in [0.29, 0.717) is 23.6 Å². The predicted molar refractivity (Wildman–Crippen MR) is 85.6 cm³/mol. The van der Waals surface area contributed by atoms with Gasteiger partial charge in [-0.15, -0.1) is 11.8 Å². The van der Waals surface area contributed by atoms with Gasteiger partial charge in [-0.2, -0.15) is 16.7 Å². The monoisotopic (exact) mass is 330 g/mol. The first kappa shape index (κ1) is 16.7. The highest BCUT2D eigenvalue weighted by atomic mass is 32.2. The van der Waals surface area contributed by atoms with Crippen molar-refractivity contribution in [2.24, 2.45) is 5.92 Å². The van der Waals surface area contributed by atoms with Crippen LogP contribution >= 0.6 is 23.5 Å². The fourth-order valence-corrected chi connectivity index (χ4v) is 4.98. The molecule has 0 amide bonds. The molecule has 5 nitrogen and oxygen atoms in total. The number of hydrogen-bond acceptors (Lipinski definition) is 7. The largest absolute Gasteiger partial charge is 0.465 e. The molecule has 3 atom stereocenters. The van der Waals surface area contributed by atoms with Crippen molar-refractivity contribution in [2.45, 2.75) is 44.1 Å². The quantitative estimate of drug-likeness (QED) is 0.768. The van der Waals surface area contributed by atoms with Gasteiger partial charge in [-0.25, -0.2) is 0 Å². The molecule has 0 spiro atoms. The summed E-state index contributed by atoms with van der Waals surface area (Å²) < 4.78 is 10.5. The van der Waals surface area contributed by atoms with E-state index in [1.807, 2.05) is 37.4 Å². The molecule has 0 aromatic carbocycles. The lowest BCUT2D eigenvalue weighted by Gasteiger charge is -2.24. The molecule has 1 aliphatic rings. The van der Waals surface area contributed by atoms with Crippen LogP contribution in [0.3, 0.4) is 0 Å². The van der Waals surface area contributed by atoms with Crippen LogP contribution in [0.2, 0.25) is 0 Å². The highest BCUT2D eigenvalue weighted by Gasteiger charge is 2.34. The van der Waals surface area contributed by atoms with Gasteiger partial charge in [0.1, 0.15) is 5.92 Å². The fourth-order valence-electron chi connectivity index (χ4n) is 2.30. The second kappa shape index (κ2) is 7.54. The van der Waals surface area contributed by atoms with Crippen LogP contribution in [0.5, 0.6) is 0 Å². The number of aromatic nitrogens is 2. The molecule has 0 aliphatic carbocycles. The third kappa shape index (κ3) is 3.94. The number of esters is 1. The van der Waals surface area contributed by atoms with E-state index < -0.39 is 5.92 Å². The lowest BCUT2D eigenvalue weighted by molar-refractivity contribution is -0.146. The molecule has 3 unspecified atom stereocenters. The molecule has 0 radical (unpaired) electrons. The molecule has 0 bridgehead atoms. The van der Waals surface area contributed by atoms with E-state index in [2.05, 4.69) is 17.1 Å². The van der Waals surface area contributed by atoms with Crippen molar-refractivity contribution in [2.75, 3.05) is 18.1 Å². The van der Waals surface area contributed by atoms with E-state index in [9.17, 15) is 4.79 Å². The second-order valence-electron chi connectivity index (χ2n) is 5.33. The van der Waals surface area contributed by atoms with Gasteiger partial charge in [0.25, 0.3) is 0 Å². The Morgan fingerprint density at radius 3 is 2.76 bits per heavy atom. The summed E-state index contributed by atoms with van der Waals surface area (Å²) >= 11 is 3.78. The minimum absolute atomic E-state index is 0.0585. The molecular formula is C14H22N2O3S2. The molecule has 1 aromatic heterocycles. The topological polar surface area (TPSA) is 65.2 Å². The van der Waals surface area contributed by atoms with E-state index in [0.717, 1.165) is 11.5 Å². The third-order valence-corrected chi connectivity index (χ3v) is 6.46. The molecule has 7 heteroatoms. The first-order chi connectivity index (χ1) is 10.0. The maximum Gasteiger partial charge on any atom is 0.318 e. The first-order valence-corrected chi connectivity index (χ1v) is 9.37. The van der Waals surface area contributed by atoms with Gasteiger partial charge in [0.15, 0.2) is 5.82 Å². The van der Waals surface area contributed by atoms with Gasteiger partial charge < -0.3 is 9.26 Å². The second-order valence-corrected chi connectivity index (χ2v) is 8.07. The molecule has 2 rings (SSSR count). The van der Waals surface area contributed by atoms with Gasteiger partial charge in [0, 0.05) is 16.8 Å². The Kier molecular flexibility index (Phi) is 5.98. The number of nitrogens with zero attached hydrogens (tertiary/aromatic N) is 2. The van der Waals surface area contributed by atoms with Crippen LogP contribution in [-0.2, 0) is 9.53 Å². The zero-order chi connectivity index (χ0) is 15.4. The van der Waals surface area contributed by atoms with Crippen molar-refractivity contribution in [3.05, 3.63) is 11.7 Å². The van der Waals surface area contributed by atoms with E-state index >= 15 is 0 Å². The predicted octanol–water partition coefficient (Wildman–Crippen LogP) is 3.28. The minimum Gasteiger partial charge on any atom is -0.465 e. The maximum absolute atomic E-state index is 12.1. The van der Waals surface area contributed by atoms with Crippen LogP contribution in [0, 0.1) is 5.92 Å². The summed E-state index contributed by atoms with van der Waals surface area (Å²) in [5.74, 6) is 2.61. The zero-order valence-electron chi connectivity index (χ0n) is 12.9. The van der Waals surface area contributed by atoms with Gasteiger partial charge in [-0.1, -0.05) is 25.9 Å². The van der Waals surface area contributed by atoms with E-state index in [-0.39, 0.29) is 17.1 Å². The van der Waals surface area contributed by atoms with Gasteiger partial charge in [0.2, 0.25) is 5.89 Å². The highest BCUT2D eigenvalue weighted by Crippen LogP contribution is 2.41. The summed E-state index contributed by atoms with van der Waals surface area (Å²) in [6, 6.07) is 0. The lowest BCUT2D eigenvalue weighted by atomic mass is 9.96.